The Hall–Kier alpha value is -2.50. The number of rotatable bonds is 4. The summed E-state index contributed by atoms with van der Waals surface area (Å²) in [6.45, 7) is 0.249. The smallest absolute Gasteiger partial charge is 0.266 e. The van der Waals surface area contributed by atoms with Crippen molar-refractivity contribution in [3.05, 3.63) is 46.9 Å². The molecule has 0 aliphatic heterocycles. The number of nitrogens with zero attached hydrogens (tertiary/aromatic N) is 3. The first-order valence-corrected chi connectivity index (χ1v) is 5.91. The third kappa shape index (κ3) is 3.25. The van der Waals surface area contributed by atoms with Crippen LogP contribution in [0.25, 0.3) is 11.4 Å². The zero-order valence-electron chi connectivity index (χ0n) is 10.5. The first-order chi connectivity index (χ1) is 9.20. The van der Waals surface area contributed by atoms with Gasteiger partial charge >= 0.3 is 0 Å². The minimum atomic E-state index is -0.233. The van der Waals surface area contributed by atoms with Gasteiger partial charge < -0.3 is 5.32 Å². The fourth-order valence-electron chi connectivity index (χ4n) is 1.59. The molecule has 6 nitrogen and oxygen atoms in total. The molecular weight excluding hydrogens is 244 g/mol. The standard InChI is InChI=1S/C13H14N4O2/c1-14-12(18)7-9-17-13(19)6-5-11(16-17)10-4-2-3-8-15-10/h2-6,8H,7,9H2,1H3,(H,14,18). The Morgan fingerprint density at radius 2 is 2.11 bits per heavy atom. The Kier molecular flexibility index (Phi) is 4.02. The predicted octanol–water partition coefficient (Wildman–Crippen LogP) is 0.441. The molecule has 2 aromatic rings. The van der Waals surface area contributed by atoms with Crippen molar-refractivity contribution in [2.45, 2.75) is 13.0 Å². The van der Waals surface area contributed by atoms with Crippen LogP contribution in [0.2, 0.25) is 0 Å². The van der Waals surface area contributed by atoms with Gasteiger partial charge in [0.2, 0.25) is 5.91 Å². The number of hydrogen-bond donors (Lipinski definition) is 1. The fraction of sp³-hybridized carbons (Fsp3) is 0.231. The zero-order chi connectivity index (χ0) is 13.7. The van der Waals surface area contributed by atoms with Crippen LogP contribution in [-0.4, -0.2) is 27.7 Å². The first kappa shape index (κ1) is 12.9. The molecule has 0 saturated heterocycles. The molecule has 2 aromatic heterocycles. The largest absolute Gasteiger partial charge is 0.359 e. The van der Waals surface area contributed by atoms with Gasteiger partial charge in [0, 0.05) is 25.7 Å². The molecule has 2 rings (SSSR count). The van der Waals surface area contributed by atoms with E-state index in [-0.39, 0.29) is 24.4 Å². The molecule has 0 atom stereocenters. The van der Waals surface area contributed by atoms with E-state index in [0.29, 0.717) is 11.4 Å². The summed E-state index contributed by atoms with van der Waals surface area (Å²) in [6, 6.07) is 8.53. The van der Waals surface area contributed by atoms with E-state index in [1.165, 1.54) is 10.7 Å². The minimum Gasteiger partial charge on any atom is -0.359 e. The Bertz CT molecular complexity index is 622. The summed E-state index contributed by atoms with van der Waals surface area (Å²) >= 11 is 0. The quantitative estimate of drug-likeness (QED) is 0.863. The van der Waals surface area contributed by atoms with Gasteiger partial charge in [-0.25, -0.2) is 4.68 Å². The van der Waals surface area contributed by atoms with Gasteiger partial charge in [0.1, 0.15) is 5.69 Å². The van der Waals surface area contributed by atoms with E-state index in [0.717, 1.165) is 0 Å². The lowest BCUT2D eigenvalue weighted by Crippen LogP contribution is -2.26. The predicted molar refractivity (Wildman–Crippen MR) is 70.4 cm³/mol. The van der Waals surface area contributed by atoms with E-state index in [2.05, 4.69) is 15.4 Å². The molecular formula is C13H14N4O2. The second-order valence-electron chi connectivity index (χ2n) is 3.92. The number of pyridine rings is 1. The third-order valence-electron chi connectivity index (χ3n) is 2.62. The third-order valence-corrected chi connectivity index (χ3v) is 2.62. The van der Waals surface area contributed by atoms with Gasteiger partial charge in [-0.1, -0.05) is 6.07 Å². The lowest BCUT2D eigenvalue weighted by atomic mass is 10.2. The highest BCUT2D eigenvalue weighted by Crippen LogP contribution is 2.10. The molecule has 0 bridgehead atoms. The molecule has 1 amide bonds. The molecule has 0 unspecified atom stereocenters. The van der Waals surface area contributed by atoms with Gasteiger partial charge in [0.15, 0.2) is 0 Å². The molecule has 1 N–H and O–H groups in total. The number of aromatic nitrogens is 3. The molecule has 6 heteroatoms. The number of aryl methyl sites for hydroxylation is 1. The summed E-state index contributed by atoms with van der Waals surface area (Å²) in [5.41, 5.74) is 1.07. The number of carbonyl (C=O) groups is 1. The maximum atomic E-state index is 11.7. The topological polar surface area (TPSA) is 76.9 Å². The monoisotopic (exact) mass is 258 g/mol. The van der Waals surface area contributed by atoms with Crippen molar-refractivity contribution in [3.8, 4) is 11.4 Å². The number of hydrogen-bond acceptors (Lipinski definition) is 4. The van der Waals surface area contributed by atoms with E-state index < -0.39 is 0 Å². The molecule has 19 heavy (non-hydrogen) atoms. The summed E-state index contributed by atoms with van der Waals surface area (Å²) in [4.78, 5) is 27.0. The number of carbonyl (C=O) groups excluding carboxylic acids is 1. The van der Waals surface area contributed by atoms with Crippen LogP contribution >= 0.6 is 0 Å². The average Bonchev–Trinajstić information content (AvgIpc) is 2.47. The van der Waals surface area contributed by atoms with Crippen molar-refractivity contribution >= 4 is 5.91 Å². The molecule has 0 aromatic carbocycles. The molecule has 2 heterocycles. The van der Waals surface area contributed by atoms with E-state index in [1.54, 1.807) is 19.3 Å². The summed E-state index contributed by atoms with van der Waals surface area (Å²) in [5.74, 6) is -0.128. The van der Waals surface area contributed by atoms with Gasteiger partial charge in [-0.3, -0.25) is 14.6 Å². The molecule has 0 spiro atoms. The lowest BCUT2D eigenvalue weighted by molar-refractivity contribution is -0.120. The van der Waals surface area contributed by atoms with E-state index in [1.807, 2.05) is 18.2 Å². The molecule has 0 aliphatic rings. The van der Waals surface area contributed by atoms with Crippen LogP contribution in [0.3, 0.4) is 0 Å². The van der Waals surface area contributed by atoms with Gasteiger partial charge in [0.05, 0.1) is 12.2 Å². The molecule has 0 saturated carbocycles. The number of nitrogens with one attached hydrogen (secondary N) is 1. The maximum absolute atomic E-state index is 11.7. The number of amides is 1. The second kappa shape index (κ2) is 5.90. The van der Waals surface area contributed by atoms with Crippen LogP contribution in [0.4, 0.5) is 0 Å². The molecule has 0 radical (unpaired) electrons. The van der Waals surface area contributed by atoms with Gasteiger partial charge in [-0.2, -0.15) is 5.10 Å². The van der Waals surface area contributed by atoms with Crippen LogP contribution in [-0.2, 0) is 11.3 Å². The zero-order valence-corrected chi connectivity index (χ0v) is 10.5. The van der Waals surface area contributed by atoms with Gasteiger partial charge in [-0.05, 0) is 18.2 Å². The highest BCUT2D eigenvalue weighted by molar-refractivity contribution is 5.75. The van der Waals surface area contributed by atoms with Crippen molar-refractivity contribution < 1.29 is 4.79 Å². The maximum Gasteiger partial charge on any atom is 0.266 e. The lowest BCUT2D eigenvalue weighted by Gasteiger charge is -2.06. The SMILES string of the molecule is CNC(=O)CCn1nc(-c2ccccn2)ccc1=O. The Morgan fingerprint density at radius 1 is 1.26 bits per heavy atom. The molecule has 0 aliphatic carbocycles. The van der Waals surface area contributed by atoms with Crippen molar-refractivity contribution in [2.75, 3.05) is 7.05 Å². The van der Waals surface area contributed by atoms with Crippen molar-refractivity contribution in [1.29, 1.82) is 0 Å². The van der Waals surface area contributed by atoms with Crippen LogP contribution in [0.15, 0.2) is 41.3 Å². The molecule has 0 fully saturated rings. The summed E-state index contributed by atoms with van der Waals surface area (Å²) < 4.78 is 1.28. The van der Waals surface area contributed by atoms with Crippen LogP contribution in [0, 0.1) is 0 Å². The van der Waals surface area contributed by atoms with Crippen LogP contribution < -0.4 is 10.9 Å². The first-order valence-electron chi connectivity index (χ1n) is 5.91. The van der Waals surface area contributed by atoms with E-state index >= 15 is 0 Å². The van der Waals surface area contributed by atoms with Crippen molar-refractivity contribution in [2.24, 2.45) is 0 Å². The fourth-order valence-corrected chi connectivity index (χ4v) is 1.59. The van der Waals surface area contributed by atoms with Crippen molar-refractivity contribution in [3.63, 3.8) is 0 Å². The Labute approximate surface area is 110 Å². The second-order valence-corrected chi connectivity index (χ2v) is 3.92. The Balaban J connectivity index is 2.25. The van der Waals surface area contributed by atoms with Crippen molar-refractivity contribution in [1.82, 2.24) is 20.1 Å². The highest BCUT2D eigenvalue weighted by atomic mass is 16.1. The summed E-state index contributed by atoms with van der Waals surface area (Å²) in [5, 5.41) is 6.72. The molecule has 98 valence electrons. The van der Waals surface area contributed by atoms with Crippen LogP contribution in [0.1, 0.15) is 6.42 Å². The van der Waals surface area contributed by atoms with Gasteiger partial charge in [-0.15, -0.1) is 0 Å². The van der Waals surface area contributed by atoms with E-state index in [9.17, 15) is 9.59 Å². The average molecular weight is 258 g/mol. The minimum absolute atomic E-state index is 0.128. The van der Waals surface area contributed by atoms with Gasteiger partial charge in [0.25, 0.3) is 5.56 Å². The normalized spacial score (nSPS) is 10.2. The Morgan fingerprint density at radius 3 is 2.79 bits per heavy atom. The summed E-state index contributed by atoms with van der Waals surface area (Å²) in [6.07, 6.45) is 1.88. The van der Waals surface area contributed by atoms with Crippen LogP contribution in [0.5, 0.6) is 0 Å². The summed E-state index contributed by atoms with van der Waals surface area (Å²) in [7, 11) is 1.56. The highest BCUT2D eigenvalue weighted by Gasteiger charge is 2.05. The van der Waals surface area contributed by atoms with E-state index in [4.69, 9.17) is 0 Å².